The molecule has 0 aliphatic carbocycles. The van der Waals surface area contributed by atoms with E-state index in [9.17, 15) is 20.0 Å². The summed E-state index contributed by atoms with van der Waals surface area (Å²) in [6.07, 6.45) is 2.25. The average Bonchev–Trinajstić information content (AvgIpc) is 2.25. The number of hydrogen-bond acceptors (Lipinski definition) is 5. The molecule has 6 heteroatoms. The molecule has 1 heterocycles. The Bertz CT molecular complexity index is 348. The van der Waals surface area contributed by atoms with Crippen LogP contribution in [0.3, 0.4) is 0 Å². The van der Waals surface area contributed by atoms with Crippen molar-refractivity contribution in [3.05, 3.63) is 21.9 Å². The highest BCUT2D eigenvalue weighted by Gasteiger charge is 2.43. The van der Waals surface area contributed by atoms with Crippen LogP contribution in [-0.4, -0.2) is 28.2 Å². The van der Waals surface area contributed by atoms with E-state index in [1.54, 1.807) is 6.92 Å². The molecule has 1 aliphatic heterocycles. The van der Waals surface area contributed by atoms with Gasteiger partial charge in [0.15, 0.2) is 0 Å². The van der Waals surface area contributed by atoms with Gasteiger partial charge in [-0.15, -0.1) is 0 Å². The van der Waals surface area contributed by atoms with Gasteiger partial charge in [-0.2, -0.15) is 0 Å². The lowest BCUT2D eigenvalue weighted by atomic mass is 9.78. The molecular weight excluding hydrogens is 226 g/mol. The molecule has 0 unspecified atom stereocenters. The standard InChI is InChI=1S/C11H17NO5/c1-3-8(7-12(15)16)11(2,14)9-5-4-6-17-10(9)13/h7,9,14H,3-6H2,1-2H3/b8-7+/t9-,11+/m1/s1. The molecule has 17 heavy (non-hydrogen) atoms. The Morgan fingerprint density at radius 2 is 2.41 bits per heavy atom. The summed E-state index contributed by atoms with van der Waals surface area (Å²) in [6, 6.07) is 0. The SMILES string of the molecule is CC/C(=C\[N+](=O)[O-])[C@](C)(O)[C@@H]1CCCOC1=O. The first kappa shape index (κ1) is 13.6. The second-order valence-electron chi connectivity index (χ2n) is 4.30. The van der Waals surface area contributed by atoms with Crippen LogP contribution in [0.5, 0.6) is 0 Å². The Morgan fingerprint density at radius 1 is 1.76 bits per heavy atom. The molecular formula is C11H17NO5. The highest BCUT2D eigenvalue weighted by molar-refractivity contribution is 5.75. The molecule has 1 saturated heterocycles. The first-order valence-corrected chi connectivity index (χ1v) is 5.63. The Kier molecular flexibility index (Phi) is 4.22. The minimum Gasteiger partial charge on any atom is -0.465 e. The van der Waals surface area contributed by atoms with Gasteiger partial charge >= 0.3 is 5.97 Å². The van der Waals surface area contributed by atoms with Crippen LogP contribution in [0.2, 0.25) is 0 Å². The highest BCUT2D eigenvalue weighted by Crippen LogP contribution is 2.34. The minimum absolute atomic E-state index is 0.242. The van der Waals surface area contributed by atoms with Crippen molar-refractivity contribution in [1.29, 1.82) is 0 Å². The summed E-state index contributed by atoms with van der Waals surface area (Å²) in [7, 11) is 0. The van der Waals surface area contributed by atoms with Crippen molar-refractivity contribution < 1.29 is 19.6 Å². The lowest BCUT2D eigenvalue weighted by molar-refractivity contribution is -0.404. The maximum Gasteiger partial charge on any atom is 0.312 e. The zero-order valence-corrected chi connectivity index (χ0v) is 10.0. The molecule has 1 fully saturated rings. The average molecular weight is 243 g/mol. The molecule has 0 aromatic carbocycles. The fourth-order valence-corrected chi connectivity index (χ4v) is 2.12. The Morgan fingerprint density at radius 3 is 2.88 bits per heavy atom. The molecule has 2 atom stereocenters. The fourth-order valence-electron chi connectivity index (χ4n) is 2.12. The summed E-state index contributed by atoms with van der Waals surface area (Å²) in [5, 5.41) is 20.8. The van der Waals surface area contributed by atoms with E-state index in [4.69, 9.17) is 4.74 Å². The molecule has 6 nitrogen and oxygen atoms in total. The highest BCUT2D eigenvalue weighted by atomic mass is 16.6. The van der Waals surface area contributed by atoms with E-state index in [-0.39, 0.29) is 5.57 Å². The largest absolute Gasteiger partial charge is 0.465 e. The molecule has 0 aromatic heterocycles. The van der Waals surface area contributed by atoms with Crippen LogP contribution in [0, 0.1) is 16.0 Å². The van der Waals surface area contributed by atoms with Crippen molar-refractivity contribution >= 4 is 5.97 Å². The molecule has 1 aliphatic rings. The molecule has 0 amide bonds. The van der Waals surface area contributed by atoms with Gasteiger partial charge in [0.25, 0.3) is 0 Å². The first-order valence-electron chi connectivity index (χ1n) is 5.63. The normalized spacial score (nSPS) is 25.0. The molecule has 1 rings (SSSR count). The van der Waals surface area contributed by atoms with E-state index < -0.39 is 22.4 Å². The van der Waals surface area contributed by atoms with Crippen molar-refractivity contribution in [2.45, 2.75) is 38.7 Å². The molecule has 0 aromatic rings. The van der Waals surface area contributed by atoms with Crippen LogP contribution in [-0.2, 0) is 9.53 Å². The van der Waals surface area contributed by atoms with Crippen molar-refractivity contribution in [1.82, 2.24) is 0 Å². The van der Waals surface area contributed by atoms with Gasteiger partial charge in [-0.05, 0) is 26.2 Å². The zero-order valence-electron chi connectivity index (χ0n) is 10.0. The van der Waals surface area contributed by atoms with Crippen LogP contribution >= 0.6 is 0 Å². The predicted molar refractivity (Wildman–Crippen MR) is 59.7 cm³/mol. The number of ether oxygens (including phenoxy) is 1. The van der Waals surface area contributed by atoms with Gasteiger partial charge in [-0.3, -0.25) is 14.9 Å². The topological polar surface area (TPSA) is 89.7 Å². The Labute approximate surface area is 99.4 Å². The zero-order chi connectivity index (χ0) is 13.1. The van der Waals surface area contributed by atoms with E-state index >= 15 is 0 Å². The molecule has 0 spiro atoms. The van der Waals surface area contributed by atoms with E-state index in [1.807, 2.05) is 0 Å². The number of rotatable bonds is 4. The first-order chi connectivity index (χ1) is 7.89. The number of carbonyl (C=O) groups is 1. The third-order valence-corrected chi connectivity index (χ3v) is 3.14. The van der Waals surface area contributed by atoms with E-state index in [0.717, 1.165) is 6.20 Å². The third kappa shape index (κ3) is 3.03. The molecule has 1 N–H and O–H groups in total. The summed E-state index contributed by atoms with van der Waals surface area (Å²) < 4.78 is 4.88. The van der Waals surface area contributed by atoms with Crippen LogP contribution in [0.1, 0.15) is 33.1 Å². The van der Waals surface area contributed by atoms with Gasteiger partial charge in [0.1, 0.15) is 5.60 Å². The van der Waals surface area contributed by atoms with Crippen LogP contribution in [0.25, 0.3) is 0 Å². The predicted octanol–water partition coefficient (Wildman–Crippen LogP) is 1.26. The lowest BCUT2D eigenvalue weighted by Crippen LogP contribution is -2.44. The van der Waals surface area contributed by atoms with Crippen molar-refractivity contribution in [3.8, 4) is 0 Å². The summed E-state index contributed by atoms with van der Waals surface area (Å²) in [5.74, 6) is -1.20. The third-order valence-electron chi connectivity index (χ3n) is 3.14. The second kappa shape index (κ2) is 5.27. The summed E-state index contributed by atoms with van der Waals surface area (Å²) >= 11 is 0. The number of nitro groups is 1. The fraction of sp³-hybridized carbons (Fsp3) is 0.727. The minimum atomic E-state index is -1.51. The number of cyclic esters (lactones) is 1. The monoisotopic (exact) mass is 243 g/mol. The van der Waals surface area contributed by atoms with E-state index in [1.165, 1.54) is 6.92 Å². The van der Waals surface area contributed by atoms with Gasteiger partial charge in [-0.25, -0.2) is 0 Å². The number of nitrogens with zero attached hydrogens (tertiary/aromatic N) is 1. The lowest BCUT2D eigenvalue weighted by Gasteiger charge is -2.34. The van der Waals surface area contributed by atoms with E-state index in [2.05, 4.69) is 0 Å². The summed E-state index contributed by atoms with van der Waals surface area (Å²) in [5.41, 5.74) is -1.27. The summed E-state index contributed by atoms with van der Waals surface area (Å²) in [4.78, 5) is 21.4. The van der Waals surface area contributed by atoms with Crippen LogP contribution in [0.4, 0.5) is 0 Å². The number of hydrogen-bond donors (Lipinski definition) is 1. The van der Waals surface area contributed by atoms with Crippen LogP contribution in [0.15, 0.2) is 11.8 Å². The smallest absolute Gasteiger partial charge is 0.312 e. The molecule has 0 bridgehead atoms. The number of carbonyl (C=O) groups excluding carboxylic acids is 1. The van der Waals surface area contributed by atoms with Gasteiger partial charge < -0.3 is 9.84 Å². The van der Waals surface area contributed by atoms with Crippen molar-refractivity contribution in [3.63, 3.8) is 0 Å². The van der Waals surface area contributed by atoms with Gasteiger partial charge in [0, 0.05) is 5.57 Å². The maximum absolute atomic E-state index is 11.6. The van der Waals surface area contributed by atoms with Crippen LogP contribution < -0.4 is 0 Å². The van der Waals surface area contributed by atoms with Gasteiger partial charge in [0.2, 0.25) is 6.20 Å². The molecule has 96 valence electrons. The van der Waals surface area contributed by atoms with Crippen molar-refractivity contribution in [2.75, 3.05) is 6.61 Å². The van der Waals surface area contributed by atoms with E-state index in [0.29, 0.717) is 25.9 Å². The second-order valence-corrected chi connectivity index (χ2v) is 4.30. The number of aliphatic hydroxyl groups is 1. The maximum atomic E-state index is 11.6. The van der Waals surface area contributed by atoms with Gasteiger partial charge in [-0.1, -0.05) is 6.92 Å². The molecule has 0 saturated carbocycles. The molecule has 0 radical (unpaired) electrons. The van der Waals surface area contributed by atoms with Gasteiger partial charge in [0.05, 0.1) is 17.4 Å². The van der Waals surface area contributed by atoms with Crippen molar-refractivity contribution in [2.24, 2.45) is 5.92 Å². The Hall–Kier alpha value is -1.43. The number of esters is 1. The quantitative estimate of drug-likeness (QED) is 0.456. The Balaban J connectivity index is 2.98. The summed E-state index contributed by atoms with van der Waals surface area (Å²) in [6.45, 7) is 3.49.